The van der Waals surface area contributed by atoms with E-state index in [2.05, 4.69) is 45.9 Å². The second-order valence-corrected chi connectivity index (χ2v) is 7.08. The van der Waals surface area contributed by atoms with E-state index in [-0.39, 0.29) is 5.41 Å². The minimum Gasteiger partial charge on any atom is -0.497 e. The number of para-hydroxylation sites is 1. The average molecular weight is 343 g/mol. The summed E-state index contributed by atoms with van der Waals surface area (Å²) in [7, 11) is 1.64. The lowest BCUT2D eigenvalue weighted by Crippen LogP contribution is -2.17. The molecule has 0 fully saturated rings. The van der Waals surface area contributed by atoms with Crippen molar-refractivity contribution in [2.45, 2.75) is 39.7 Å². The maximum atomic E-state index is 6.06. The fourth-order valence-electron chi connectivity index (χ4n) is 2.69. The fourth-order valence-corrected chi connectivity index (χ4v) is 2.69. The Morgan fingerprint density at radius 3 is 2.36 bits per heavy atom. The van der Waals surface area contributed by atoms with E-state index in [1.807, 2.05) is 18.2 Å². The van der Waals surface area contributed by atoms with Gasteiger partial charge in [0.05, 0.1) is 7.11 Å². The van der Waals surface area contributed by atoms with Gasteiger partial charge in [-0.15, -0.1) is 0 Å². The van der Waals surface area contributed by atoms with Crippen molar-refractivity contribution in [1.29, 1.82) is 0 Å². The van der Waals surface area contributed by atoms with E-state index in [1.54, 1.807) is 7.11 Å². The number of rotatable bonds is 7. The highest BCUT2D eigenvalue weighted by Crippen LogP contribution is 2.33. The Morgan fingerprint density at radius 1 is 1.00 bits per heavy atom. The molecule has 0 spiro atoms. The average Bonchev–Trinajstić information content (AvgIpc) is 2.58. The molecule has 2 aromatic rings. The highest BCUT2D eigenvalue weighted by molar-refractivity contribution is 5.44. The van der Waals surface area contributed by atoms with E-state index in [9.17, 15) is 0 Å². The third kappa shape index (κ3) is 4.89. The second kappa shape index (κ2) is 8.26. The molecule has 2 N–H and O–H groups in total. The van der Waals surface area contributed by atoms with Crippen LogP contribution in [0.5, 0.6) is 17.2 Å². The predicted molar refractivity (Wildman–Crippen MR) is 102 cm³/mol. The Kier molecular flexibility index (Phi) is 6.32. The molecular weight excluding hydrogens is 314 g/mol. The Morgan fingerprint density at radius 2 is 1.72 bits per heavy atom. The zero-order chi connectivity index (χ0) is 18.4. The molecule has 0 saturated heterocycles. The molecule has 4 nitrogen and oxygen atoms in total. The van der Waals surface area contributed by atoms with Crippen LogP contribution in [0, 0.1) is 6.92 Å². The number of methoxy groups -OCH3 is 1. The first-order chi connectivity index (χ1) is 11.9. The SMILES string of the molecule is COc1ccc(CN)c(OCCOc2c(C)cccc2C(C)(C)C)c1. The molecule has 0 amide bonds. The first-order valence-corrected chi connectivity index (χ1v) is 8.59. The van der Waals surface area contributed by atoms with Crippen molar-refractivity contribution in [2.75, 3.05) is 20.3 Å². The van der Waals surface area contributed by atoms with Crippen LogP contribution in [0.4, 0.5) is 0 Å². The maximum Gasteiger partial charge on any atom is 0.127 e. The van der Waals surface area contributed by atoms with Crippen molar-refractivity contribution in [3.8, 4) is 17.2 Å². The summed E-state index contributed by atoms with van der Waals surface area (Å²) in [4.78, 5) is 0. The summed E-state index contributed by atoms with van der Waals surface area (Å²) in [6.07, 6.45) is 0. The van der Waals surface area contributed by atoms with Crippen LogP contribution >= 0.6 is 0 Å². The van der Waals surface area contributed by atoms with Crippen molar-refractivity contribution in [3.05, 3.63) is 53.1 Å². The summed E-state index contributed by atoms with van der Waals surface area (Å²) in [5, 5.41) is 0. The second-order valence-electron chi connectivity index (χ2n) is 7.08. The molecule has 0 heterocycles. The van der Waals surface area contributed by atoms with Gasteiger partial charge in [-0.2, -0.15) is 0 Å². The van der Waals surface area contributed by atoms with Gasteiger partial charge in [0.15, 0.2) is 0 Å². The zero-order valence-electron chi connectivity index (χ0n) is 15.9. The van der Waals surface area contributed by atoms with Gasteiger partial charge in [-0.05, 0) is 29.5 Å². The molecule has 0 atom stereocenters. The van der Waals surface area contributed by atoms with Gasteiger partial charge < -0.3 is 19.9 Å². The fraction of sp³-hybridized carbons (Fsp3) is 0.429. The predicted octanol–water partition coefficient (Wildman–Crippen LogP) is 4.22. The van der Waals surface area contributed by atoms with Gasteiger partial charge in [-0.25, -0.2) is 0 Å². The number of benzene rings is 2. The minimum absolute atomic E-state index is 0.0295. The lowest BCUT2D eigenvalue weighted by Gasteiger charge is -2.24. The third-order valence-electron chi connectivity index (χ3n) is 4.10. The third-order valence-corrected chi connectivity index (χ3v) is 4.10. The number of nitrogens with two attached hydrogens (primary N) is 1. The van der Waals surface area contributed by atoms with Crippen LogP contribution in [-0.2, 0) is 12.0 Å². The Balaban J connectivity index is 2.03. The largest absolute Gasteiger partial charge is 0.497 e. The van der Waals surface area contributed by atoms with Crippen molar-refractivity contribution in [1.82, 2.24) is 0 Å². The van der Waals surface area contributed by atoms with Gasteiger partial charge >= 0.3 is 0 Å². The van der Waals surface area contributed by atoms with E-state index < -0.39 is 0 Å². The van der Waals surface area contributed by atoms with Crippen molar-refractivity contribution < 1.29 is 14.2 Å². The zero-order valence-corrected chi connectivity index (χ0v) is 15.9. The van der Waals surface area contributed by atoms with Gasteiger partial charge in [0.1, 0.15) is 30.5 Å². The summed E-state index contributed by atoms with van der Waals surface area (Å²) in [6, 6.07) is 11.9. The van der Waals surface area contributed by atoms with Crippen LogP contribution in [-0.4, -0.2) is 20.3 Å². The van der Waals surface area contributed by atoms with Gasteiger partial charge in [-0.3, -0.25) is 0 Å². The Labute approximate surface area is 150 Å². The van der Waals surface area contributed by atoms with Crippen LogP contribution < -0.4 is 19.9 Å². The molecule has 0 aromatic heterocycles. The van der Waals surface area contributed by atoms with Gasteiger partial charge in [-0.1, -0.05) is 45.0 Å². The molecule has 0 bridgehead atoms. The normalized spacial score (nSPS) is 11.3. The van der Waals surface area contributed by atoms with E-state index in [0.29, 0.717) is 19.8 Å². The molecule has 136 valence electrons. The molecule has 25 heavy (non-hydrogen) atoms. The first kappa shape index (κ1) is 19.1. The molecule has 2 rings (SSSR count). The van der Waals surface area contributed by atoms with E-state index in [1.165, 1.54) is 5.56 Å². The monoisotopic (exact) mass is 343 g/mol. The maximum absolute atomic E-state index is 6.06. The summed E-state index contributed by atoms with van der Waals surface area (Å²) in [5.74, 6) is 2.44. The van der Waals surface area contributed by atoms with Crippen LogP contribution in [0.3, 0.4) is 0 Å². The van der Waals surface area contributed by atoms with Crippen molar-refractivity contribution in [2.24, 2.45) is 5.73 Å². The van der Waals surface area contributed by atoms with Gasteiger partial charge in [0.2, 0.25) is 0 Å². The lowest BCUT2D eigenvalue weighted by atomic mass is 9.85. The molecule has 0 aliphatic carbocycles. The molecule has 0 aliphatic heterocycles. The topological polar surface area (TPSA) is 53.7 Å². The molecule has 0 aliphatic rings. The molecule has 2 aromatic carbocycles. The molecular formula is C21H29NO3. The highest BCUT2D eigenvalue weighted by Gasteiger charge is 2.20. The van der Waals surface area contributed by atoms with Gasteiger partial charge in [0.25, 0.3) is 0 Å². The lowest BCUT2D eigenvalue weighted by molar-refractivity contribution is 0.211. The van der Waals surface area contributed by atoms with Crippen LogP contribution in [0.25, 0.3) is 0 Å². The Bertz CT molecular complexity index is 705. The standard InChI is InChI=1S/C21H29NO3/c1-15-7-6-8-18(21(2,3)4)20(15)25-12-11-24-19-13-17(23-5)10-9-16(19)14-22/h6-10,13H,11-12,14,22H2,1-5H3. The summed E-state index contributed by atoms with van der Waals surface area (Å²) < 4.78 is 17.2. The first-order valence-electron chi connectivity index (χ1n) is 8.59. The number of hydrogen-bond donors (Lipinski definition) is 1. The van der Waals surface area contributed by atoms with Crippen LogP contribution in [0.2, 0.25) is 0 Å². The van der Waals surface area contributed by atoms with Gasteiger partial charge in [0, 0.05) is 18.2 Å². The number of aryl methyl sites for hydroxylation is 1. The highest BCUT2D eigenvalue weighted by atomic mass is 16.5. The van der Waals surface area contributed by atoms with E-state index in [4.69, 9.17) is 19.9 Å². The van der Waals surface area contributed by atoms with E-state index in [0.717, 1.165) is 28.4 Å². The number of ether oxygens (including phenoxy) is 3. The number of hydrogen-bond acceptors (Lipinski definition) is 4. The summed E-state index contributed by atoms with van der Waals surface area (Å²) >= 11 is 0. The molecule has 0 radical (unpaired) electrons. The Hall–Kier alpha value is -2.20. The molecule has 4 heteroatoms. The van der Waals surface area contributed by atoms with Crippen molar-refractivity contribution >= 4 is 0 Å². The molecule has 0 saturated carbocycles. The smallest absolute Gasteiger partial charge is 0.127 e. The van der Waals surface area contributed by atoms with Crippen LogP contribution in [0.1, 0.15) is 37.5 Å². The summed E-state index contributed by atoms with van der Waals surface area (Å²) in [6.45, 7) is 9.97. The van der Waals surface area contributed by atoms with Crippen LogP contribution in [0.15, 0.2) is 36.4 Å². The quantitative estimate of drug-likeness (QED) is 0.765. The summed E-state index contributed by atoms with van der Waals surface area (Å²) in [5.41, 5.74) is 9.09. The van der Waals surface area contributed by atoms with E-state index >= 15 is 0 Å². The van der Waals surface area contributed by atoms with Crippen molar-refractivity contribution in [3.63, 3.8) is 0 Å². The minimum atomic E-state index is 0.0295. The molecule has 0 unspecified atom stereocenters.